The van der Waals surface area contributed by atoms with Gasteiger partial charge in [-0.2, -0.15) is 5.10 Å². The summed E-state index contributed by atoms with van der Waals surface area (Å²) >= 11 is 3.47. The van der Waals surface area contributed by atoms with E-state index < -0.39 is 0 Å². The minimum atomic E-state index is -0.179. The molecule has 1 aliphatic heterocycles. The predicted octanol–water partition coefficient (Wildman–Crippen LogP) is 5.53. The second-order valence-electron chi connectivity index (χ2n) is 8.04. The lowest BCUT2D eigenvalue weighted by Gasteiger charge is -2.27. The van der Waals surface area contributed by atoms with Crippen LogP contribution in [-0.2, 0) is 5.41 Å². The van der Waals surface area contributed by atoms with E-state index in [2.05, 4.69) is 71.2 Å². The van der Waals surface area contributed by atoms with Crippen LogP contribution in [0.2, 0.25) is 0 Å². The molecule has 0 aliphatic carbocycles. The average molecular weight is 424 g/mol. The molecule has 0 bridgehead atoms. The molecule has 1 atom stereocenters. The van der Waals surface area contributed by atoms with Gasteiger partial charge in [-0.15, -0.1) is 0 Å². The number of aromatic amines is 1. The number of hydrogen-bond donors (Lipinski definition) is 1. The summed E-state index contributed by atoms with van der Waals surface area (Å²) in [6.07, 6.45) is 0. The van der Waals surface area contributed by atoms with Crippen molar-refractivity contribution in [1.82, 2.24) is 10.2 Å². The average Bonchev–Trinajstić information content (AvgIpc) is 3.14. The third-order valence-corrected chi connectivity index (χ3v) is 5.67. The van der Waals surface area contributed by atoms with Crippen molar-refractivity contribution in [3.8, 4) is 0 Å². The molecule has 2 heterocycles. The lowest BCUT2D eigenvalue weighted by Crippen LogP contribution is -2.29. The largest absolute Gasteiger partial charge is 0.295 e. The van der Waals surface area contributed by atoms with Gasteiger partial charge in [0.05, 0.1) is 6.04 Å². The van der Waals surface area contributed by atoms with Crippen LogP contribution in [0.3, 0.4) is 0 Å². The fourth-order valence-electron chi connectivity index (χ4n) is 3.65. The van der Waals surface area contributed by atoms with Crippen LogP contribution in [0.1, 0.15) is 59.7 Å². The summed E-state index contributed by atoms with van der Waals surface area (Å²) in [4.78, 5) is 15.0. The molecule has 0 saturated heterocycles. The van der Waals surface area contributed by atoms with Crippen LogP contribution in [0, 0.1) is 6.92 Å². The molecule has 0 unspecified atom stereocenters. The van der Waals surface area contributed by atoms with Crippen LogP contribution >= 0.6 is 15.9 Å². The van der Waals surface area contributed by atoms with Gasteiger partial charge in [0, 0.05) is 21.4 Å². The third kappa shape index (κ3) is 3.00. The zero-order valence-electron chi connectivity index (χ0n) is 15.9. The van der Waals surface area contributed by atoms with E-state index in [1.165, 1.54) is 5.56 Å². The molecular weight excluding hydrogens is 402 g/mol. The Bertz CT molecular complexity index is 998. The Balaban J connectivity index is 1.84. The molecule has 1 amide bonds. The maximum atomic E-state index is 13.1. The van der Waals surface area contributed by atoms with E-state index in [0.29, 0.717) is 5.69 Å². The molecule has 5 heteroatoms. The van der Waals surface area contributed by atoms with Crippen LogP contribution in [0.25, 0.3) is 0 Å². The van der Waals surface area contributed by atoms with Gasteiger partial charge < -0.3 is 0 Å². The van der Waals surface area contributed by atoms with E-state index in [1.807, 2.05) is 36.1 Å². The first-order valence-corrected chi connectivity index (χ1v) is 9.81. The number of hydrogen-bond acceptors (Lipinski definition) is 2. The fourth-order valence-corrected chi connectivity index (χ4v) is 3.91. The van der Waals surface area contributed by atoms with Crippen LogP contribution in [0.4, 0.5) is 5.69 Å². The second-order valence-corrected chi connectivity index (χ2v) is 8.95. The standard InChI is InChI=1S/C22H22BrN3O/c1-13-18-19(25-24-13)21(27)26(17-11-9-16(23)10-12-17)20(18)14-5-7-15(8-6-14)22(2,3)4/h5-12,20H,1-4H3,(H,24,25)/t20-/m0/s1. The highest BCUT2D eigenvalue weighted by molar-refractivity contribution is 9.10. The summed E-state index contributed by atoms with van der Waals surface area (Å²) in [6.45, 7) is 8.58. The van der Waals surface area contributed by atoms with Crippen LogP contribution in [0.15, 0.2) is 53.0 Å². The van der Waals surface area contributed by atoms with Gasteiger partial charge >= 0.3 is 0 Å². The van der Waals surface area contributed by atoms with Gasteiger partial charge in [0.2, 0.25) is 0 Å². The Morgan fingerprint density at radius 2 is 1.67 bits per heavy atom. The third-order valence-electron chi connectivity index (χ3n) is 5.14. The van der Waals surface area contributed by atoms with Gasteiger partial charge in [0.1, 0.15) is 0 Å². The van der Waals surface area contributed by atoms with E-state index in [0.717, 1.165) is 27.0 Å². The molecular formula is C22H22BrN3O. The number of halogens is 1. The van der Waals surface area contributed by atoms with Crippen molar-refractivity contribution in [3.05, 3.63) is 81.1 Å². The van der Waals surface area contributed by atoms with Crippen molar-refractivity contribution >= 4 is 27.5 Å². The number of anilines is 1. The maximum Gasteiger partial charge on any atom is 0.279 e. The molecule has 4 nitrogen and oxygen atoms in total. The van der Waals surface area contributed by atoms with Crippen molar-refractivity contribution in [1.29, 1.82) is 0 Å². The second kappa shape index (κ2) is 6.34. The maximum absolute atomic E-state index is 13.1. The number of nitrogens with zero attached hydrogens (tertiary/aromatic N) is 2. The number of amides is 1. The lowest BCUT2D eigenvalue weighted by molar-refractivity contribution is 0.0988. The quantitative estimate of drug-likeness (QED) is 0.588. The summed E-state index contributed by atoms with van der Waals surface area (Å²) in [5.41, 5.74) is 5.73. The van der Waals surface area contributed by atoms with Crippen molar-refractivity contribution in [3.63, 3.8) is 0 Å². The molecule has 27 heavy (non-hydrogen) atoms. The number of benzene rings is 2. The van der Waals surface area contributed by atoms with Crippen LogP contribution in [0.5, 0.6) is 0 Å². The molecule has 1 N–H and O–H groups in total. The number of rotatable bonds is 2. The molecule has 0 spiro atoms. The first-order valence-electron chi connectivity index (χ1n) is 9.02. The monoisotopic (exact) mass is 423 g/mol. The normalized spacial score (nSPS) is 16.7. The van der Waals surface area contributed by atoms with Crippen LogP contribution < -0.4 is 4.90 Å². The Hall–Kier alpha value is -2.40. The zero-order valence-corrected chi connectivity index (χ0v) is 17.5. The van der Waals surface area contributed by atoms with E-state index >= 15 is 0 Å². The van der Waals surface area contributed by atoms with Crippen molar-refractivity contribution < 1.29 is 4.79 Å². The molecule has 1 aromatic heterocycles. The molecule has 1 aliphatic rings. The minimum absolute atomic E-state index is 0.0680. The number of aromatic nitrogens is 2. The highest BCUT2D eigenvalue weighted by atomic mass is 79.9. The highest BCUT2D eigenvalue weighted by Crippen LogP contribution is 2.42. The molecule has 0 radical (unpaired) electrons. The molecule has 0 fully saturated rings. The van der Waals surface area contributed by atoms with Crippen molar-refractivity contribution in [2.75, 3.05) is 4.90 Å². The fraction of sp³-hybridized carbons (Fsp3) is 0.273. The Kier molecular flexibility index (Phi) is 4.22. The molecule has 4 rings (SSSR count). The Morgan fingerprint density at radius 1 is 1.04 bits per heavy atom. The topological polar surface area (TPSA) is 49.0 Å². The smallest absolute Gasteiger partial charge is 0.279 e. The highest BCUT2D eigenvalue weighted by Gasteiger charge is 2.42. The summed E-state index contributed by atoms with van der Waals surface area (Å²) in [5.74, 6) is -0.0680. The van der Waals surface area contributed by atoms with Gasteiger partial charge in [0.25, 0.3) is 5.91 Å². The van der Waals surface area contributed by atoms with Gasteiger partial charge in [0.15, 0.2) is 5.69 Å². The molecule has 2 aromatic carbocycles. The van der Waals surface area contributed by atoms with Crippen LogP contribution in [-0.4, -0.2) is 16.1 Å². The number of fused-ring (bicyclic) bond motifs is 1. The number of H-pyrrole nitrogens is 1. The van der Waals surface area contributed by atoms with E-state index in [9.17, 15) is 4.79 Å². The number of carbonyl (C=O) groups excluding carboxylic acids is 1. The van der Waals surface area contributed by atoms with Gasteiger partial charge in [-0.3, -0.25) is 14.8 Å². The van der Waals surface area contributed by atoms with Crippen molar-refractivity contribution in [2.45, 2.75) is 39.2 Å². The van der Waals surface area contributed by atoms with Crippen molar-refractivity contribution in [2.24, 2.45) is 0 Å². The Morgan fingerprint density at radius 3 is 2.26 bits per heavy atom. The molecule has 3 aromatic rings. The number of aryl methyl sites for hydroxylation is 1. The SMILES string of the molecule is Cc1[nH]nc2c1[C@H](c1ccc(C(C)(C)C)cc1)N(c1ccc(Br)cc1)C2=O. The van der Waals surface area contributed by atoms with Gasteiger partial charge in [-0.05, 0) is 47.7 Å². The van der Waals surface area contributed by atoms with E-state index in [1.54, 1.807) is 0 Å². The Labute approximate surface area is 167 Å². The summed E-state index contributed by atoms with van der Waals surface area (Å²) < 4.78 is 0.985. The summed E-state index contributed by atoms with van der Waals surface area (Å²) in [7, 11) is 0. The predicted molar refractivity (Wildman–Crippen MR) is 111 cm³/mol. The summed E-state index contributed by atoms with van der Waals surface area (Å²) in [6, 6.07) is 16.2. The lowest BCUT2D eigenvalue weighted by atomic mass is 9.86. The number of carbonyl (C=O) groups is 1. The number of nitrogens with one attached hydrogen (secondary N) is 1. The van der Waals surface area contributed by atoms with Gasteiger partial charge in [-0.1, -0.05) is 61.0 Å². The minimum Gasteiger partial charge on any atom is -0.295 e. The van der Waals surface area contributed by atoms with E-state index in [-0.39, 0.29) is 17.4 Å². The first kappa shape index (κ1) is 18.0. The van der Waals surface area contributed by atoms with Gasteiger partial charge in [-0.25, -0.2) is 0 Å². The molecule has 138 valence electrons. The summed E-state index contributed by atoms with van der Waals surface area (Å²) in [5, 5.41) is 7.26. The van der Waals surface area contributed by atoms with E-state index in [4.69, 9.17) is 0 Å². The zero-order chi connectivity index (χ0) is 19.3. The molecule has 0 saturated carbocycles. The first-order chi connectivity index (χ1) is 12.8.